The molecule has 1 aliphatic rings. The zero-order valence-electron chi connectivity index (χ0n) is 12.5. The van der Waals surface area contributed by atoms with E-state index in [1.54, 1.807) is 0 Å². The summed E-state index contributed by atoms with van der Waals surface area (Å²) in [5, 5.41) is 1.26. The fourth-order valence-corrected chi connectivity index (χ4v) is 2.74. The molecule has 2 aromatic rings. The normalized spacial score (nSPS) is 16.6. The summed E-state index contributed by atoms with van der Waals surface area (Å²) in [6, 6.07) is 10.7. The molecule has 1 saturated heterocycles. The molecule has 0 amide bonds. The molecule has 0 N–H and O–H groups in total. The van der Waals surface area contributed by atoms with Crippen LogP contribution in [0.1, 0.15) is 26.3 Å². The Morgan fingerprint density at radius 2 is 1.80 bits per heavy atom. The number of aromatic nitrogens is 1. The molecule has 0 aliphatic carbocycles. The summed E-state index contributed by atoms with van der Waals surface area (Å²) >= 11 is 0. The fourth-order valence-electron chi connectivity index (χ4n) is 2.74. The SMILES string of the molecule is CC(C)(C)c1cc(N2CCOCC2)nc2ccccc12. The zero-order chi connectivity index (χ0) is 14.2. The molecule has 0 radical (unpaired) electrons. The van der Waals surface area contributed by atoms with E-state index in [-0.39, 0.29) is 5.41 Å². The number of hydrogen-bond acceptors (Lipinski definition) is 3. The Kier molecular flexibility index (Phi) is 3.38. The molecule has 20 heavy (non-hydrogen) atoms. The van der Waals surface area contributed by atoms with E-state index in [1.807, 2.05) is 0 Å². The number of hydrogen-bond donors (Lipinski definition) is 0. The van der Waals surface area contributed by atoms with Gasteiger partial charge in [0.15, 0.2) is 0 Å². The molecule has 1 aliphatic heterocycles. The summed E-state index contributed by atoms with van der Waals surface area (Å²) in [5.41, 5.74) is 2.56. The van der Waals surface area contributed by atoms with Gasteiger partial charge in [-0.2, -0.15) is 0 Å². The first-order chi connectivity index (χ1) is 9.55. The zero-order valence-corrected chi connectivity index (χ0v) is 12.5. The van der Waals surface area contributed by atoms with Gasteiger partial charge in [0, 0.05) is 18.5 Å². The molecule has 0 saturated carbocycles. The van der Waals surface area contributed by atoms with Gasteiger partial charge in [-0.05, 0) is 23.1 Å². The second kappa shape index (κ2) is 5.06. The average molecular weight is 270 g/mol. The van der Waals surface area contributed by atoms with Crippen LogP contribution in [0.5, 0.6) is 0 Å². The highest BCUT2D eigenvalue weighted by molar-refractivity contribution is 5.85. The van der Waals surface area contributed by atoms with Crippen LogP contribution in [0.25, 0.3) is 10.9 Å². The number of morpholine rings is 1. The van der Waals surface area contributed by atoms with Crippen molar-refractivity contribution in [2.24, 2.45) is 0 Å². The lowest BCUT2D eigenvalue weighted by atomic mass is 9.84. The third-order valence-electron chi connectivity index (χ3n) is 3.85. The number of fused-ring (bicyclic) bond motifs is 1. The molecule has 106 valence electrons. The number of pyridine rings is 1. The lowest BCUT2D eigenvalue weighted by molar-refractivity contribution is 0.122. The van der Waals surface area contributed by atoms with Gasteiger partial charge in [-0.15, -0.1) is 0 Å². The van der Waals surface area contributed by atoms with E-state index < -0.39 is 0 Å². The van der Waals surface area contributed by atoms with E-state index in [9.17, 15) is 0 Å². The first-order valence-corrected chi connectivity index (χ1v) is 7.29. The molecule has 0 atom stereocenters. The van der Waals surface area contributed by atoms with Gasteiger partial charge in [0.1, 0.15) is 5.82 Å². The average Bonchev–Trinajstić information content (AvgIpc) is 2.46. The van der Waals surface area contributed by atoms with Gasteiger partial charge in [0.05, 0.1) is 18.7 Å². The molecule has 3 nitrogen and oxygen atoms in total. The van der Waals surface area contributed by atoms with Crippen molar-refractivity contribution in [3.63, 3.8) is 0 Å². The maximum Gasteiger partial charge on any atom is 0.129 e. The Morgan fingerprint density at radius 3 is 2.50 bits per heavy atom. The van der Waals surface area contributed by atoms with E-state index >= 15 is 0 Å². The molecular weight excluding hydrogens is 248 g/mol. The van der Waals surface area contributed by atoms with Gasteiger partial charge >= 0.3 is 0 Å². The van der Waals surface area contributed by atoms with Crippen LogP contribution in [0.15, 0.2) is 30.3 Å². The van der Waals surface area contributed by atoms with Crippen molar-refractivity contribution in [3.8, 4) is 0 Å². The second-order valence-electron chi connectivity index (χ2n) is 6.39. The van der Waals surface area contributed by atoms with Crippen LogP contribution in [0.2, 0.25) is 0 Å². The Balaban J connectivity index is 2.14. The topological polar surface area (TPSA) is 25.4 Å². The van der Waals surface area contributed by atoms with Crippen LogP contribution in [-0.4, -0.2) is 31.3 Å². The lowest BCUT2D eigenvalue weighted by Gasteiger charge is -2.30. The van der Waals surface area contributed by atoms with Gasteiger partial charge in [-0.1, -0.05) is 39.0 Å². The van der Waals surface area contributed by atoms with Crippen molar-refractivity contribution in [2.45, 2.75) is 26.2 Å². The molecule has 2 heterocycles. The molecule has 1 fully saturated rings. The molecule has 0 unspecified atom stereocenters. The molecular formula is C17H22N2O. The maximum absolute atomic E-state index is 5.44. The van der Waals surface area contributed by atoms with Gasteiger partial charge in [0.2, 0.25) is 0 Å². The number of para-hydroxylation sites is 1. The minimum atomic E-state index is 0.115. The van der Waals surface area contributed by atoms with E-state index in [0.29, 0.717) is 0 Å². The number of rotatable bonds is 1. The predicted octanol–water partition coefficient (Wildman–Crippen LogP) is 3.37. The Hall–Kier alpha value is -1.61. The Labute approximate surface area is 120 Å². The summed E-state index contributed by atoms with van der Waals surface area (Å²) in [4.78, 5) is 7.17. The number of ether oxygens (including phenoxy) is 1. The number of anilines is 1. The van der Waals surface area contributed by atoms with E-state index in [4.69, 9.17) is 9.72 Å². The van der Waals surface area contributed by atoms with Crippen LogP contribution in [0, 0.1) is 0 Å². The predicted molar refractivity (Wildman–Crippen MR) is 83.5 cm³/mol. The van der Waals surface area contributed by atoms with Gasteiger partial charge in [0.25, 0.3) is 0 Å². The summed E-state index contributed by atoms with van der Waals surface area (Å²) in [7, 11) is 0. The third-order valence-corrected chi connectivity index (χ3v) is 3.85. The Bertz CT molecular complexity index is 610. The lowest BCUT2D eigenvalue weighted by Crippen LogP contribution is -2.37. The molecule has 0 bridgehead atoms. The van der Waals surface area contributed by atoms with Crippen molar-refractivity contribution in [1.82, 2.24) is 4.98 Å². The van der Waals surface area contributed by atoms with Crippen LogP contribution in [0.3, 0.4) is 0 Å². The summed E-state index contributed by atoms with van der Waals surface area (Å²) < 4.78 is 5.44. The quantitative estimate of drug-likeness (QED) is 0.794. The minimum Gasteiger partial charge on any atom is -0.378 e. The van der Waals surface area contributed by atoms with Crippen molar-refractivity contribution >= 4 is 16.7 Å². The van der Waals surface area contributed by atoms with Gasteiger partial charge in [-0.3, -0.25) is 0 Å². The van der Waals surface area contributed by atoms with E-state index in [1.165, 1.54) is 10.9 Å². The highest BCUT2D eigenvalue weighted by Crippen LogP contribution is 2.32. The van der Waals surface area contributed by atoms with Crippen molar-refractivity contribution in [2.75, 3.05) is 31.2 Å². The van der Waals surface area contributed by atoms with Crippen molar-refractivity contribution in [3.05, 3.63) is 35.9 Å². The smallest absolute Gasteiger partial charge is 0.129 e. The first-order valence-electron chi connectivity index (χ1n) is 7.29. The van der Waals surface area contributed by atoms with Gasteiger partial charge in [-0.25, -0.2) is 4.98 Å². The molecule has 1 aromatic heterocycles. The maximum atomic E-state index is 5.44. The monoisotopic (exact) mass is 270 g/mol. The van der Waals surface area contributed by atoms with E-state index in [0.717, 1.165) is 37.6 Å². The standard InChI is InChI=1S/C17H22N2O/c1-17(2,3)14-12-16(19-8-10-20-11-9-19)18-15-7-5-4-6-13(14)15/h4-7,12H,8-11H2,1-3H3. The Morgan fingerprint density at radius 1 is 1.10 bits per heavy atom. The summed E-state index contributed by atoms with van der Waals surface area (Å²) in [6.45, 7) is 10.2. The molecule has 3 heteroatoms. The number of nitrogens with zero attached hydrogens (tertiary/aromatic N) is 2. The third kappa shape index (κ3) is 2.50. The molecule has 0 spiro atoms. The number of benzene rings is 1. The van der Waals surface area contributed by atoms with Crippen molar-refractivity contribution in [1.29, 1.82) is 0 Å². The highest BCUT2D eigenvalue weighted by Gasteiger charge is 2.21. The highest BCUT2D eigenvalue weighted by atomic mass is 16.5. The van der Waals surface area contributed by atoms with Crippen LogP contribution < -0.4 is 4.90 Å². The van der Waals surface area contributed by atoms with Crippen LogP contribution in [0.4, 0.5) is 5.82 Å². The summed E-state index contributed by atoms with van der Waals surface area (Å²) in [5.74, 6) is 1.08. The van der Waals surface area contributed by atoms with Crippen LogP contribution in [-0.2, 0) is 10.2 Å². The first kappa shape index (κ1) is 13.4. The minimum absolute atomic E-state index is 0.115. The fraction of sp³-hybridized carbons (Fsp3) is 0.471. The van der Waals surface area contributed by atoms with Gasteiger partial charge < -0.3 is 9.64 Å². The molecule has 1 aromatic carbocycles. The summed E-state index contributed by atoms with van der Waals surface area (Å²) in [6.07, 6.45) is 0. The largest absolute Gasteiger partial charge is 0.378 e. The molecule has 3 rings (SSSR count). The second-order valence-corrected chi connectivity index (χ2v) is 6.39. The van der Waals surface area contributed by atoms with Crippen molar-refractivity contribution < 1.29 is 4.74 Å². The van der Waals surface area contributed by atoms with Crippen LogP contribution >= 0.6 is 0 Å². The van der Waals surface area contributed by atoms with E-state index in [2.05, 4.69) is 56.0 Å².